The average molecular weight is 559 g/mol. The van der Waals surface area contributed by atoms with E-state index in [2.05, 4.69) is 15.6 Å². The predicted octanol–water partition coefficient (Wildman–Crippen LogP) is 3.95. The zero-order chi connectivity index (χ0) is 26.7. The van der Waals surface area contributed by atoms with Crippen LogP contribution in [0.25, 0.3) is 10.9 Å². The van der Waals surface area contributed by atoms with Crippen LogP contribution in [0, 0.1) is 29.6 Å². The number of nitrogens with one attached hydrogen (secondary N) is 3. The van der Waals surface area contributed by atoms with Gasteiger partial charge in [0.1, 0.15) is 11.7 Å². The van der Waals surface area contributed by atoms with Gasteiger partial charge in [-0.05, 0) is 74.0 Å². The Kier molecular flexibility index (Phi) is 6.67. The third-order valence-electron chi connectivity index (χ3n) is 9.41. The molecule has 2 aliphatic carbocycles. The van der Waals surface area contributed by atoms with Crippen LogP contribution >= 0.6 is 23.2 Å². The van der Waals surface area contributed by atoms with Crippen molar-refractivity contribution >= 4 is 57.6 Å². The van der Waals surface area contributed by atoms with E-state index in [0.29, 0.717) is 58.0 Å². The molecule has 2 aliphatic heterocycles. The number of halogens is 2. The highest BCUT2D eigenvalue weighted by Crippen LogP contribution is 2.57. The number of Topliss-reactive ketones (excluding diaryl/α,β-unsaturated/α-hetero) is 1. The van der Waals surface area contributed by atoms with Crippen LogP contribution in [0.15, 0.2) is 18.2 Å². The molecule has 38 heavy (non-hydrogen) atoms. The first-order valence-electron chi connectivity index (χ1n) is 13.6. The molecule has 4 aliphatic rings. The second kappa shape index (κ2) is 9.87. The van der Waals surface area contributed by atoms with Crippen molar-refractivity contribution in [3.8, 4) is 0 Å². The largest absolute Gasteiger partial charge is 0.356 e. The first-order chi connectivity index (χ1) is 18.2. The number of aromatic amines is 1. The van der Waals surface area contributed by atoms with E-state index in [9.17, 15) is 19.2 Å². The van der Waals surface area contributed by atoms with Crippen molar-refractivity contribution in [1.82, 2.24) is 20.5 Å². The number of fused-ring (bicyclic) bond motifs is 6. The Morgan fingerprint density at radius 2 is 1.92 bits per heavy atom. The number of benzene rings is 1. The number of nitrogens with zero attached hydrogens (tertiary/aromatic N) is 1. The zero-order valence-corrected chi connectivity index (χ0v) is 22.8. The van der Waals surface area contributed by atoms with E-state index in [1.165, 1.54) is 0 Å². The van der Waals surface area contributed by atoms with Crippen LogP contribution < -0.4 is 10.6 Å². The fraction of sp³-hybridized carbons (Fsp3) is 0.571. The summed E-state index contributed by atoms with van der Waals surface area (Å²) in [7, 11) is 0. The second-order valence-corrected chi connectivity index (χ2v) is 12.2. The van der Waals surface area contributed by atoms with Crippen LogP contribution in [-0.2, 0) is 14.4 Å². The van der Waals surface area contributed by atoms with E-state index in [0.717, 1.165) is 19.3 Å². The van der Waals surface area contributed by atoms with Gasteiger partial charge in [-0.15, -0.1) is 0 Å². The topological polar surface area (TPSA) is 111 Å². The number of carbonyl (C=O) groups excluding carboxylic acids is 4. The van der Waals surface area contributed by atoms with E-state index < -0.39 is 12.1 Å². The number of hydrogen-bond donors (Lipinski definition) is 3. The Hall–Kier alpha value is -2.58. The van der Waals surface area contributed by atoms with Crippen LogP contribution in [0.4, 0.5) is 0 Å². The summed E-state index contributed by atoms with van der Waals surface area (Å²) in [6.45, 7) is 2.87. The summed E-state index contributed by atoms with van der Waals surface area (Å²) >= 11 is 12.5. The SMILES string of the molecule is CCC(=O)[C@H](C[C@@H]1CCNC1=O)NC(=O)[C@@H]1[C@H]2[C@H]3CC[C@H](C3)[C@H]2CN1C(=O)c1cc2c(Cl)cc(Cl)cc2[nH]1. The predicted molar refractivity (Wildman–Crippen MR) is 144 cm³/mol. The smallest absolute Gasteiger partial charge is 0.271 e. The summed E-state index contributed by atoms with van der Waals surface area (Å²) in [5.41, 5.74) is 1.02. The fourth-order valence-electron chi connectivity index (χ4n) is 7.65. The third-order valence-corrected chi connectivity index (χ3v) is 9.95. The van der Waals surface area contributed by atoms with Crippen LogP contribution in [0.2, 0.25) is 10.0 Å². The lowest BCUT2D eigenvalue weighted by Crippen LogP contribution is -2.54. The Labute approximate surface area is 231 Å². The number of rotatable bonds is 7. The van der Waals surface area contributed by atoms with Gasteiger partial charge in [0.05, 0.1) is 11.1 Å². The van der Waals surface area contributed by atoms with E-state index in [1.54, 1.807) is 30.0 Å². The minimum Gasteiger partial charge on any atom is -0.356 e. The molecular formula is C28H32Cl2N4O4. The van der Waals surface area contributed by atoms with Gasteiger partial charge in [0.15, 0.2) is 5.78 Å². The van der Waals surface area contributed by atoms with Gasteiger partial charge >= 0.3 is 0 Å². The maximum absolute atomic E-state index is 14.0. The third kappa shape index (κ3) is 4.30. The minimum atomic E-state index is -0.745. The zero-order valence-electron chi connectivity index (χ0n) is 21.3. The number of amides is 3. The molecule has 0 radical (unpaired) electrons. The summed E-state index contributed by atoms with van der Waals surface area (Å²) in [5, 5.41) is 7.42. The normalized spacial score (nSPS) is 30.5. The highest BCUT2D eigenvalue weighted by molar-refractivity contribution is 6.38. The quantitative estimate of drug-likeness (QED) is 0.477. The van der Waals surface area contributed by atoms with E-state index in [4.69, 9.17) is 23.2 Å². The Morgan fingerprint density at radius 3 is 2.66 bits per heavy atom. The van der Waals surface area contributed by atoms with Crippen LogP contribution in [0.1, 0.15) is 55.9 Å². The van der Waals surface area contributed by atoms with Gasteiger partial charge in [0.25, 0.3) is 5.91 Å². The van der Waals surface area contributed by atoms with E-state index in [-0.39, 0.29) is 54.1 Å². The molecule has 3 N–H and O–H groups in total. The van der Waals surface area contributed by atoms with Crippen LogP contribution in [-0.4, -0.2) is 58.6 Å². The molecule has 0 unspecified atom stereocenters. The van der Waals surface area contributed by atoms with Gasteiger partial charge in [-0.3, -0.25) is 19.2 Å². The van der Waals surface area contributed by atoms with E-state index in [1.807, 2.05) is 0 Å². The molecule has 8 nitrogen and oxygen atoms in total. The molecule has 2 saturated heterocycles. The monoisotopic (exact) mass is 558 g/mol. The van der Waals surface area contributed by atoms with Gasteiger partial charge in [0, 0.05) is 41.4 Å². The lowest BCUT2D eigenvalue weighted by atomic mass is 9.78. The first kappa shape index (κ1) is 25.7. The molecule has 10 heteroatoms. The number of ketones is 1. The fourth-order valence-corrected chi connectivity index (χ4v) is 8.20. The summed E-state index contributed by atoms with van der Waals surface area (Å²) < 4.78 is 0. The van der Waals surface area contributed by atoms with E-state index >= 15 is 0 Å². The summed E-state index contributed by atoms with van der Waals surface area (Å²) in [4.78, 5) is 57.8. The summed E-state index contributed by atoms with van der Waals surface area (Å²) in [6, 6.07) is 3.68. The van der Waals surface area contributed by atoms with Crippen LogP contribution in [0.3, 0.4) is 0 Å². The molecule has 0 spiro atoms. The summed E-state index contributed by atoms with van der Waals surface area (Å²) in [6.07, 6.45) is 4.50. The van der Waals surface area contributed by atoms with Crippen molar-refractivity contribution < 1.29 is 19.2 Å². The molecule has 2 aromatic rings. The summed E-state index contributed by atoms with van der Waals surface area (Å²) in [5.74, 6) is 0.257. The Morgan fingerprint density at radius 1 is 1.13 bits per heavy atom. The van der Waals surface area contributed by atoms with Gasteiger partial charge in [-0.2, -0.15) is 0 Å². The number of hydrogen-bond acceptors (Lipinski definition) is 4. The van der Waals surface area contributed by atoms with Crippen molar-refractivity contribution in [3.05, 3.63) is 33.9 Å². The Balaban J connectivity index is 1.29. The minimum absolute atomic E-state index is 0.0726. The number of likely N-dealkylation sites (tertiary alicyclic amines) is 1. The molecule has 4 fully saturated rings. The molecule has 2 saturated carbocycles. The van der Waals surface area contributed by atoms with Crippen molar-refractivity contribution in [2.45, 2.75) is 57.5 Å². The molecule has 1 aromatic heterocycles. The van der Waals surface area contributed by atoms with Crippen molar-refractivity contribution in [1.29, 1.82) is 0 Å². The van der Waals surface area contributed by atoms with Gasteiger partial charge in [-0.25, -0.2) is 0 Å². The van der Waals surface area contributed by atoms with Gasteiger partial charge < -0.3 is 20.5 Å². The van der Waals surface area contributed by atoms with Gasteiger partial charge in [0.2, 0.25) is 11.8 Å². The number of H-pyrrole nitrogens is 1. The lowest BCUT2D eigenvalue weighted by molar-refractivity contribution is -0.132. The molecule has 2 bridgehead atoms. The molecule has 1 aromatic carbocycles. The Bertz CT molecular complexity index is 1330. The molecular weight excluding hydrogens is 527 g/mol. The number of aromatic nitrogens is 1. The van der Waals surface area contributed by atoms with Gasteiger partial charge in [-0.1, -0.05) is 30.1 Å². The average Bonchev–Trinajstić information content (AvgIpc) is 3.69. The van der Waals surface area contributed by atoms with Crippen molar-refractivity contribution in [2.24, 2.45) is 29.6 Å². The van der Waals surface area contributed by atoms with Crippen molar-refractivity contribution in [2.75, 3.05) is 13.1 Å². The second-order valence-electron chi connectivity index (χ2n) is 11.4. The molecule has 3 heterocycles. The highest BCUT2D eigenvalue weighted by atomic mass is 35.5. The number of carbonyl (C=O) groups is 4. The van der Waals surface area contributed by atoms with Crippen molar-refractivity contribution in [3.63, 3.8) is 0 Å². The standard InChI is InChI=1S/C28H32Cl2N4O4/c1-2-23(35)21(8-15-5-6-31-26(15)36)33-27(37)25-24-14-4-3-13(7-14)18(24)12-34(25)28(38)22-11-17-19(30)9-16(29)10-20(17)32-22/h9-11,13-15,18,21,24-25,32H,2-8,12H2,1H3,(H,31,36)(H,33,37)/t13-,14+,15+,18-,21+,24+,25+/m1/s1. The molecule has 6 rings (SSSR count). The maximum atomic E-state index is 14.0. The first-order valence-corrected chi connectivity index (χ1v) is 14.4. The highest BCUT2D eigenvalue weighted by Gasteiger charge is 2.59. The molecule has 3 amide bonds. The maximum Gasteiger partial charge on any atom is 0.271 e. The molecule has 7 atom stereocenters. The molecule has 202 valence electrons. The lowest BCUT2D eigenvalue weighted by Gasteiger charge is -2.31. The van der Waals surface area contributed by atoms with Crippen LogP contribution in [0.5, 0.6) is 0 Å².